The van der Waals surface area contributed by atoms with E-state index >= 15 is 0 Å². The maximum atomic E-state index is 14.7. The van der Waals surface area contributed by atoms with Crippen LogP contribution in [-0.4, -0.2) is 8.07 Å². The molecular formula is C19H30F2Si. The molecule has 1 aromatic carbocycles. The Morgan fingerprint density at radius 1 is 0.864 bits per heavy atom. The van der Waals surface area contributed by atoms with Gasteiger partial charge in [0.2, 0.25) is 0 Å². The van der Waals surface area contributed by atoms with E-state index in [4.69, 9.17) is 0 Å². The Bertz CT molecular complexity index is 464. The maximum absolute atomic E-state index is 14.7. The monoisotopic (exact) mass is 324 g/mol. The molecule has 0 aliphatic rings. The summed E-state index contributed by atoms with van der Waals surface area (Å²) in [6.07, 6.45) is 4.57. The van der Waals surface area contributed by atoms with Crippen molar-refractivity contribution in [3.8, 4) is 0 Å². The molecule has 0 fully saturated rings. The lowest BCUT2D eigenvalue weighted by Gasteiger charge is -2.26. The van der Waals surface area contributed by atoms with Crippen LogP contribution < -0.4 is 0 Å². The Morgan fingerprint density at radius 3 is 1.86 bits per heavy atom. The second-order valence-corrected chi connectivity index (χ2v) is 11.2. The Kier molecular flexibility index (Phi) is 8.01. The molecule has 0 bridgehead atoms. The van der Waals surface area contributed by atoms with Gasteiger partial charge in [-0.3, -0.25) is 0 Å². The van der Waals surface area contributed by atoms with Crippen LogP contribution in [0.1, 0.15) is 58.1 Å². The van der Waals surface area contributed by atoms with Crippen LogP contribution >= 0.6 is 0 Å². The summed E-state index contributed by atoms with van der Waals surface area (Å²) in [6.45, 7) is 8.14. The lowest BCUT2D eigenvalue weighted by atomic mass is 10.1. The van der Waals surface area contributed by atoms with Crippen molar-refractivity contribution in [2.45, 2.75) is 71.5 Å². The van der Waals surface area contributed by atoms with E-state index in [9.17, 15) is 8.78 Å². The summed E-state index contributed by atoms with van der Waals surface area (Å²) in [5, 5.41) is 0. The third-order valence-corrected chi connectivity index (χ3v) is 10.2. The Balaban J connectivity index is 2.96. The molecule has 0 radical (unpaired) electrons. The van der Waals surface area contributed by atoms with Crippen molar-refractivity contribution in [2.75, 3.05) is 0 Å². The molecule has 22 heavy (non-hydrogen) atoms. The molecule has 1 rings (SSSR count). The predicted molar refractivity (Wildman–Crippen MR) is 96.0 cm³/mol. The minimum absolute atomic E-state index is 0.393. The molecule has 0 aromatic heterocycles. The van der Waals surface area contributed by atoms with E-state index in [0.29, 0.717) is 5.56 Å². The SMILES string of the molecule is CCCCCc1ccc(/C(F)=C(\F)[Si](CC)(CC)CC)cc1. The van der Waals surface area contributed by atoms with Crippen molar-refractivity contribution in [3.05, 3.63) is 40.8 Å². The van der Waals surface area contributed by atoms with Gasteiger partial charge in [-0.25, -0.2) is 8.78 Å². The molecule has 0 amide bonds. The standard InChI is InChI=1S/C19H30F2Si/c1-5-9-10-11-16-12-14-17(15-13-16)18(20)19(21)22(6-2,7-3)8-4/h12-15H,5-11H2,1-4H3/b19-18-. The zero-order valence-electron chi connectivity index (χ0n) is 14.5. The topological polar surface area (TPSA) is 0 Å². The first kappa shape index (κ1) is 19.1. The Hall–Kier alpha value is -0.963. The van der Waals surface area contributed by atoms with Gasteiger partial charge in [-0.2, -0.15) is 0 Å². The highest BCUT2D eigenvalue weighted by Crippen LogP contribution is 2.35. The minimum Gasteiger partial charge on any atom is -0.214 e. The summed E-state index contributed by atoms with van der Waals surface area (Å²) in [7, 11) is -2.27. The van der Waals surface area contributed by atoms with Crippen LogP contribution in [0.3, 0.4) is 0 Å². The highest BCUT2D eigenvalue weighted by molar-refractivity contribution is 6.86. The van der Waals surface area contributed by atoms with Gasteiger partial charge >= 0.3 is 0 Å². The van der Waals surface area contributed by atoms with Gasteiger partial charge in [0.1, 0.15) is 13.5 Å². The van der Waals surface area contributed by atoms with Crippen LogP contribution in [0.2, 0.25) is 18.1 Å². The molecule has 0 atom stereocenters. The first-order valence-corrected chi connectivity index (χ1v) is 11.3. The molecule has 1 aromatic rings. The molecule has 0 aliphatic carbocycles. The van der Waals surface area contributed by atoms with Gasteiger partial charge in [-0.15, -0.1) is 0 Å². The molecule has 124 valence electrons. The van der Waals surface area contributed by atoms with Crippen molar-refractivity contribution in [1.82, 2.24) is 0 Å². The van der Waals surface area contributed by atoms with Gasteiger partial charge in [-0.1, -0.05) is 82.9 Å². The van der Waals surface area contributed by atoms with Gasteiger partial charge in [0, 0.05) is 5.56 Å². The van der Waals surface area contributed by atoms with E-state index in [2.05, 4.69) is 6.92 Å². The molecule has 0 saturated heterocycles. The predicted octanol–water partition coefficient (Wildman–Crippen LogP) is 7.07. The summed E-state index contributed by atoms with van der Waals surface area (Å²) >= 11 is 0. The van der Waals surface area contributed by atoms with Gasteiger partial charge in [0.05, 0.1) is 0 Å². The van der Waals surface area contributed by atoms with Crippen molar-refractivity contribution >= 4 is 13.9 Å². The third-order valence-electron chi connectivity index (χ3n) is 4.97. The molecular weight excluding hydrogens is 294 g/mol. The number of benzene rings is 1. The summed E-state index contributed by atoms with van der Waals surface area (Å²) in [4.78, 5) is 0. The van der Waals surface area contributed by atoms with Crippen LogP contribution in [0.4, 0.5) is 8.78 Å². The molecule has 3 heteroatoms. The first-order valence-electron chi connectivity index (χ1n) is 8.69. The highest BCUT2D eigenvalue weighted by Gasteiger charge is 2.35. The van der Waals surface area contributed by atoms with Crippen molar-refractivity contribution in [1.29, 1.82) is 0 Å². The molecule has 0 aliphatic heterocycles. The van der Waals surface area contributed by atoms with Crippen LogP contribution in [0.5, 0.6) is 0 Å². The summed E-state index contributed by atoms with van der Waals surface area (Å²) in [6, 6.07) is 9.61. The average molecular weight is 325 g/mol. The van der Waals surface area contributed by atoms with E-state index in [1.807, 2.05) is 32.9 Å². The lowest BCUT2D eigenvalue weighted by molar-refractivity contribution is 0.635. The normalized spacial score (nSPS) is 13.2. The largest absolute Gasteiger partial charge is 0.214 e. The Labute approximate surface area is 135 Å². The molecule has 0 N–H and O–H groups in total. The smallest absolute Gasteiger partial charge is 0.157 e. The van der Waals surface area contributed by atoms with Crippen molar-refractivity contribution in [3.63, 3.8) is 0 Å². The van der Waals surface area contributed by atoms with Gasteiger partial charge in [-0.05, 0) is 18.4 Å². The highest BCUT2D eigenvalue weighted by atomic mass is 28.3. The quantitative estimate of drug-likeness (QED) is 0.336. The fourth-order valence-electron chi connectivity index (χ4n) is 2.97. The van der Waals surface area contributed by atoms with Crippen molar-refractivity contribution < 1.29 is 8.78 Å². The van der Waals surface area contributed by atoms with Crippen LogP contribution in [0, 0.1) is 0 Å². The van der Waals surface area contributed by atoms with Crippen LogP contribution in [0.15, 0.2) is 29.7 Å². The number of aryl methyl sites for hydroxylation is 1. The van der Waals surface area contributed by atoms with Gasteiger partial charge < -0.3 is 0 Å². The lowest BCUT2D eigenvalue weighted by Crippen LogP contribution is -2.33. The minimum atomic E-state index is -2.27. The Morgan fingerprint density at radius 2 is 1.41 bits per heavy atom. The number of hydrogen-bond acceptors (Lipinski definition) is 0. The van der Waals surface area contributed by atoms with Gasteiger partial charge in [0.25, 0.3) is 0 Å². The first-order chi connectivity index (χ1) is 10.5. The summed E-state index contributed by atoms with van der Waals surface area (Å²) in [5.41, 5.74) is 1.15. The molecule has 0 heterocycles. The van der Waals surface area contributed by atoms with Crippen molar-refractivity contribution in [2.24, 2.45) is 0 Å². The molecule has 0 nitrogen and oxygen atoms in total. The molecule has 0 spiro atoms. The number of unbranched alkanes of at least 4 members (excludes halogenated alkanes) is 2. The van der Waals surface area contributed by atoms with Crippen LogP contribution in [0.25, 0.3) is 5.83 Å². The fourth-order valence-corrected chi connectivity index (χ4v) is 6.01. The van der Waals surface area contributed by atoms with Crippen LogP contribution in [-0.2, 0) is 6.42 Å². The third kappa shape index (κ3) is 4.51. The average Bonchev–Trinajstić information content (AvgIpc) is 2.57. The van der Waals surface area contributed by atoms with Gasteiger partial charge in [0.15, 0.2) is 5.83 Å². The maximum Gasteiger partial charge on any atom is 0.157 e. The number of halogens is 2. The second kappa shape index (κ2) is 9.24. The fraction of sp³-hybridized carbons (Fsp3) is 0.579. The molecule has 0 unspecified atom stereocenters. The second-order valence-electron chi connectivity index (χ2n) is 6.12. The van der Waals surface area contributed by atoms with E-state index in [1.54, 1.807) is 12.1 Å². The van der Waals surface area contributed by atoms with E-state index < -0.39 is 19.4 Å². The van der Waals surface area contributed by atoms with E-state index in [1.165, 1.54) is 18.4 Å². The molecule has 0 saturated carbocycles. The number of rotatable bonds is 9. The van der Waals surface area contributed by atoms with E-state index in [0.717, 1.165) is 31.0 Å². The van der Waals surface area contributed by atoms with E-state index in [-0.39, 0.29) is 0 Å². The summed E-state index contributed by atoms with van der Waals surface area (Å²) in [5.74, 6) is -0.627. The summed E-state index contributed by atoms with van der Waals surface area (Å²) < 4.78 is 29.3. The number of hydrogen-bond donors (Lipinski definition) is 0. The zero-order valence-corrected chi connectivity index (χ0v) is 15.5. The zero-order chi connectivity index (χ0) is 16.6.